The Morgan fingerprint density at radius 3 is 1.64 bits per heavy atom. The van der Waals surface area contributed by atoms with Gasteiger partial charge in [0, 0.05) is 12.8 Å². The number of hydrogen-bond acceptors (Lipinski definition) is 4. The van der Waals surface area contributed by atoms with Gasteiger partial charge in [-0.15, -0.1) is 0 Å². The van der Waals surface area contributed by atoms with Crippen LogP contribution in [0.25, 0.3) is 0 Å². The van der Waals surface area contributed by atoms with E-state index in [4.69, 9.17) is 14.9 Å². The molecular weight excluding hydrogens is 288 g/mol. The molecule has 132 valence electrons. The van der Waals surface area contributed by atoms with Gasteiger partial charge in [0.05, 0.1) is 12.5 Å². The topological polar surface area (TPSA) is 101 Å². The molecule has 0 aliphatic carbocycles. The maximum atomic E-state index is 10.8. The molecule has 22 heavy (non-hydrogen) atoms. The Morgan fingerprint density at radius 1 is 1.00 bits per heavy atom. The first-order valence-electron chi connectivity index (χ1n) is 7.68. The maximum Gasteiger partial charge on any atom is 0.305 e. The molecule has 0 saturated carbocycles. The molecule has 0 radical (unpaired) electrons. The third-order valence-corrected chi connectivity index (χ3v) is 2.21. The van der Waals surface area contributed by atoms with Gasteiger partial charge in [-0.2, -0.15) is 0 Å². The molecule has 0 heterocycles. The highest BCUT2D eigenvalue weighted by molar-refractivity contribution is 5.69. The van der Waals surface area contributed by atoms with E-state index >= 15 is 0 Å². The minimum absolute atomic E-state index is 0.0619. The average molecular weight is 320 g/mol. The summed E-state index contributed by atoms with van der Waals surface area (Å²) in [6, 6.07) is 0. The molecule has 6 heteroatoms. The molecule has 0 saturated heterocycles. The van der Waals surface area contributed by atoms with Crippen LogP contribution in [0, 0.1) is 11.8 Å². The molecule has 0 bridgehead atoms. The van der Waals surface area contributed by atoms with E-state index in [2.05, 4.69) is 13.8 Å². The second kappa shape index (κ2) is 17.5. The monoisotopic (exact) mass is 320 g/mol. The Morgan fingerprint density at radius 2 is 1.41 bits per heavy atom. The highest BCUT2D eigenvalue weighted by atomic mass is 16.5. The lowest BCUT2D eigenvalue weighted by molar-refractivity contribution is -0.144. The number of rotatable bonds is 7. The van der Waals surface area contributed by atoms with Crippen LogP contribution in [0.4, 0.5) is 0 Å². The minimum Gasteiger partial charge on any atom is -0.481 e. The zero-order valence-electron chi connectivity index (χ0n) is 14.7. The number of carbonyl (C=O) groups excluding carboxylic acids is 1. The lowest BCUT2D eigenvalue weighted by Gasteiger charge is -2.05. The summed E-state index contributed by atoms with van der Waals surface area (Å²) in [5, 5.41) is 15.7. The molecule has 0 spiro atoms. The SMILES string of the molecule is CC(C)C(=O)O.CCC(=O)O.CCCC(=O)OCCC(C)C. The first kappa shape index (κ1) is 25.4. The number of carboxylic acids is 2. The van der Waals surface area contributed by atoms with Gasteiger partial charge in [0.25, 0.3) is 0 Å². The van der Waals surface area contributed by atoms with Gasteiger partial charge < -0.3 is 14.9 Å². The molecule has 0 unspecified atom stereocenters. The molecule has 0 fully saturated rings. The van der Waals surface area contributed by atoms with Crippen molar-refractivity contribution in [1.82, 2.24) is 0 Å². The van der Waals surface area contributed by atoms with Crippen molar-refractivity contribution in [2.75, 3.05) is 6.61 Å². The van der Waals surface area contributed by atoms with E-state index in [1.165, 1.54) is 0 Å². The standard InChI is InChI=1S/C9H18O2.C4H8O2.C3H6O2/c1-4-5-9(10)11-7-6-8(2)3;1-3(2)4(5)6;1-2-3(4)5/h8H,4-7H2,1-3H3;3H,1-2H3,(H,5,6);2H2,1H3,(H,4,5). The average Bonchev–Trinajstić information content (AvgIpc) is 2.39. The lowest BCUT2D eigenvalue weighted by Crippen LogP contribution is -2.06. The summed E-state index contributed by atoms with van der Waals surface area (Å²) >= 11 is 0. The van der Waals surface area contributed by atoms with Gasteiger partial charge in [-0.3, -0.25) is 14.4 Å². The van der Waals surface area contributed by atoms with Crippen molar-refractivity contribution in [2.45, 2.75) is 67.2 Å². The highest BCUT2D eigenvalue weighted by Gasteiger charge is 2.00. The smallest absolute Gasteiger partial charge is 0.305 e. The lowest BCUT2D eigenvalue weighted by atomic mass is 10.1. The van der Waals surface area contributed by atoms with Gasteiger partial charge in [0.2, 0.25) is 0 Å². The van der Waals surface area contributed by atoms with Gasteiger partial charge in [-0.25, -0.2) is 0 Å². The van der Waals surface area contributed by atoms with Gasteiger partial charge in [-0.05, 0) is 18.8 Å². The Hall–Kier alpha value is -1.59. The van der Waals surface area contributed by atoms with Crippen molar-refractivity contribution in [3.8, 4) is 0 Å². The van der Waals surface area contributed by atoms with E-state index in [0.29, 0.717) is 18.9 Å². The van der Waals surface area contributed by atoms with Crippen molar-refractivity contribution >= 4 is 17.9 Å². The van der Waals surface area contributed by atoms with Crippen molar-refractivity contribution in [3.63, 3.8) is 0 Å². The largest absolute Gasteiger partial charge is 0.481 e. The molecule has 0 aromatic carbocycles. The van der Waals surface area contributed by atoms with E-state index in [1.807, 2.05) is 6.92 Å². The van der Waals surface area contributed by atoms with Crippen LogP contribution < -0.4 is 0 Å². The van der Waals surface area contributed by atoms with Crippen LogP contribution in [0.15, 0.2) is 0 Å². The Kier molecular flexibility index (Phi) is 20.1. The number of carboxylic acid groups (broad SMARTS) is 2. The fourth-order valence-corrected chi connectivity index (χ4v) is 0.685. The van der Waals surface area contributed by atoms with E-state index in [1.54, 1.807) is 20.8 Å². The van der Waals surface area contributed by atoms with Gasteiger partial charge >= 0.3 is 17.9 Å². The predicted octanol–water partition coefficient (Wildman–Crippen LogP) is 3.58. The molecule has 6 nitrogen and oxygen atoms in total. The van der Waals surface area contributed by atoms with Crippen LogP contribution in [0.3, 0.4) is 0 Å². The summed E-state index contributed by atoms with van der Waals surface area (Å²) in [6.07, 6.45) is 2.62. The zero-order chi connectivity index (χ0) is 18.1. The van der Waals surface area contributed by atoms with Crippen LogP contribution in [0.5, 0.6) is 0 Å². The molecule has 2 N–H and O–H groups in total. The molecule has 0 rings (SSSR count). The van der Waals surface area contributed by atoms with Crippen molar-refractivity contribution in [1.29, 1.82) is 0 Å². The molecule has 0 amide bonds. The normalized spacial score (nSPS) is 9.27. The number of carbonyl (C=O) groups is 3. The van der Waals surface area contributed by atoms with Gasteiger partial charge in [0.15, 0.2) is 0 Å². The van der Waals surface area contributed by atoms with E-state index in [0.717, 1.165) is 12.8 Å². The summed E-state index contributed by atoms with van der Waals surface area (Å²) in [4.78, 5) is 29.9. The Bertz CT molecular complexity index is 297. The minimum atomic E-state index is -0.745. The van der Waals surface area contributed by atoms with E-state index in [-0.39, 0.29) is 18.3 Å². The number of hydrogen-bond donors (Lipinski definition) is 2. The summed E-state index contributed by atoms with van der Waals surface area (Å²) in [6.45, 7) is 11.7. The van der Waals surface area contributed by atoms with E-state index < -0.39 is 11.9 Å². The van der Waals surface area contributed by atoms with Crippen LogP contribution in [0.1, 0.15) is 67.2 Å². The second-order valence-corrected chi connectivity index (χ2v) is 5.39. The van der Waals surface area contributed by atoms with Crippen molar-refractivity contribution in [2.24, 2.45) is 11.8 Å². The first-order valence-corrected chi connectivity index (χ1v) is 7.68. The molecule has 0 aliphatic heterocycles. The van der Waals surface area contributed by atoms with E-state index in [9.17, 15) is 14.4 Å². The van der Waals surface area contributed by atoms with Gasteiger partial charge in [0.1, 0.15) is 0 Å². The highest BCUT2D eigenvalue weighted by Crippen LogP contribution is 2.00. The first-order chi connectivity index (χ1) is 10.1. The number of ether oxygens (including phenoxy) is 1. The number of aliphatic carboxylic acids is 2. The van der Waals surface area contributed by atoms with Crippen LogP contribution in [-0.2, 0) is 19.1 Å². The fraction of sp³-hybridized carbons (Fsp3) is 0.812. The zero-order valence-corrected chi connectivity index (χ0v) is 14.7. The predicted molar refractivity (Wildman–Crippen MR) is 85.7 cm³/mol. The van der Waals surface area contributed by atoms with Crippen molar-refractivity contribution in [3.05, 3.63) is 0 Å². The summed E-state index contributed by atoms with van der Waals surface area (Å²) in [5.74, 6) is -1.16. The van der Waals surface area contributed by atoms with Crippen LogP contribution in [-0.4, -0.2) is 34.7 Å². The molecule has 0 atom stereocenters. The third-order valence-electron chi connectivity index (χ3n) is 2.21. The fourth-order valence-electron chi connectivity index (χ4n) is 0.685. The third kappa shape index (κ3) is 31.0. The molecule has 0 aliphatic rings. The molecule has 0 aromatic heterocycles. The summed E-state index contributed by atoms with van der Waals surface area (Å²) in [7, 11) is 0. The van der Waals surface area contributed by atoms with Crippen LogP contribution >= 0.6 is 0 Å². The van der Waals surface area contributed by atoms with Crippen molar-refractivity contribution < 1.29 is 29.3 Å². The summed E-state index contributed by atoms with van der Waals surface area (Å²) < 4.78 is 4.95. The quantitative estimate of drug-likeness (QED) is 0.695. The molecule has 0 aromatic rings. The van der Waals surface area contributed by atoms with Gasteiger partial charge in [-0.1, -0.05) is 41.5 Å². The Balaban J connectivity index is -0.000000277. The Labute approximate surface area is 133 Å². The maximum absolute atomic E-state index is 10.8. The molecular formula is C16H32O6. The summed E-state index contributed by atoms with van der Waals surface area (Å²) in [5.41, 5.74) is 0. The second-order valence-electron chi connectivity index (χ2n) is 5.39. The van der Waals surface area contributed by atoms with Crippen LogP contribution in [0.2, 0.25) is 0 Å². The number of esters is 1.